The Morgan fingerprint density at radius 3 is 2.03 bits per heavy atom. The van der Waals surface area contributed by atoms with Crippen LogP contribution in [0, 0.1) is 5.92 Å². The van der Waals surface area contributed by atoms with Gasteiger partial charge in [-0.2, -0.15) is 5.10 Å². The second-order valence-electron chi connectivity index (χ2n) is 8.53. The van der Waals surface area contributed by atoms with E-state index < -0.39 is 0 Å². The molecule has 0 unspecified atom stereocenters. The fourth-order valence-electron chi connectivity index (χ4n) is 4.01. The number of fused-ring (bicyclic) bond motifs is 2. The summed E-state index contributed by atoms with van der Waals surface area (Å²) in [6.45, 7) is 6.33. The molecule has 0 aromatic heterocycles. The van der Waals surface area contributed by atoms with E-state index in [0.717, 1.165) is 39.1 Å². The standard InChI is InChI=1S/C28H28N2O/c1-19(2)16-21-12-14-22(15-13-21)20(3)28(31)30-29-18-27-25-10-6-4-8-23(25)17-24-9-5-7-11-26(24)27/h4-15,17-20H,16H2,1-3H3,(H,30,31)/b29-18-/t20-/m1/s1. The van der Waals surface area contributed by atoms with Crippen molar-refractivity contribution in [3.63, 3.8) is 0 Å². The maximum Gasteiger partial charge on any atom is 0.247 e. The molecule has 0 fully saturated rings. The fraction of sp³-hybridized carbons (Fsp3) is 0.214. The lowest BCUT2D eigenvalue weighted by molar-refractivity contribution is -0.122. The summed E-state index contributed by atoms with van der Waals surface area (Å²) >= 11 is 0. The van der Waals surface area contributed by atoms with Crippen LogP contribution in [0.4, 0.5) is 0 Å². The second kappa shape index (κ2) is 9.13. The average Bonchev–Trinajstić information content (AvgIpc) is 2.78. The van der Waals surface area contributed by atoms with Gasteiger partial charge in [-0.3, -0.25) is 4.79 Å². The van der Waals surface area contributed by atoms with Crippen LogP contribution in [-0.4, -0.2) is 12.1 Å². The van der Waals surface area contributed by atoms with Crippen LogP contribution in [0.2, 0.25) is 0 Å². The van der Waals surface area contributed by atoms with Gasteiger partial charge >= 0.3 is 0 Å². The quantitative estimate of drug-likeness (QED) is 0.222. The minimum absolute atomic E-state index is 0.114. The normalized spacial score (nSPS) is 12.6. The van der Waals surface area contributed by atoms with Gasteiger partial charge in [-0.25, -0.2) is 5.43 Å². The first-order valence-electron chi connectivity index (χ1n) is 10.8. The number of nitrogens with zero attached hydrogens (tertiary/aromatic N) is 1. The molecule has 0 spiro atoms. The Morgan fingerprint density at radius 1 is 0.871 bits per heavy atom. The van der Waals surface area contributed by atoms with Crippen molar-refractivity contribution in [2.45, 2.75) is 33.1 Å². The van der Waals surface area contributed by atoms with Gasteiger partial charge in [-0.15, -0.1) is 0 Å². The summed E-state index contributed by atoms with van der Waals surface area (Å²) in [5.41, 5.74) is 6.04. The molecule has 31 heavy (non-hydrogen) atoms. The van der Waals surface area contributed by atoms with Crippen LogP contribution in [0.15, 0.2) is 84.0 Å². The first-order chi connectivity index (χ1) is 15.0. The molecule has 1 N–H and O–H groups in total. The third-order valence-corrected chi connectivity index (χ3v) is 5.70. The molecule has 0 aliphatic rings. The highest BCUT2D eigenvalue weighted by molar-refractivity contribution is 6.13. The number of hydrogen-bond acceptors (Lipinski definition) is 2. The number of hydrazone groups is 1. The van der Waals surface area contributed by atoms with Gasteiger partial charge in [-0.1, -0.05) is 86.6 Å². The molecule has 3 nitrogen and oxygen atoms in total. The van der Waals surface area contributed by atoms with Gasteiger partial charge in [0, 0.05) is 5.56 Å². The summed E-state index contributed by atoms with van der Waals surface area (Å²) in [5.74, 6) is 0.234. The first kappa shape index (κ1) is 20.8. The van der Waals surface area contributed by atoms with Crippen molar-refractivity contribution in [2.24, 2.45) is 11.0 Å². The third-order valence-electron chi connectivity index (χ3n) is 5.70. The van der Waals surface area contributed by atoms with E-state index in [1.165, 1.54) is 5.56 Å². The summed E-state index contributed by atoms with van der Waals surface area (Å²) in [6.07, 6.45) is 2.81. The molecule has 156 valence electrons. The van der Waals surface area contributed by atoms with Crippen molar-refractivity contribution in [1.29, 1.82) is 0 Å². The van der Waals surface area contributed by atoms with Crippen LogP contribution in [-0.2, 0) is 11.2 Å². The van der Waals surface area contributed by atoms with Gasteiger partial charge in [0.25, 0.3) is 0 Å². The van der Waals surface area contributed by atoms with Crippen LogP contribution in [0.5, 0.6) is 0 Å². The molecule has 4 aromatic rings. The van der Waals surface area contributed by atoms with Crippen molar-refractivity contribution in [3.8, 4) is 0 Å². The van der Waals surface area contributed by atoms with E-state index in [4.69, 9.17) is 0 Å². The lowest BCUT2D eigenvalue weighted by Gasteiger charge is -2.12. The van der Waals surface area contributed by atoms with E-state index >= 15 is 0 Å². The maximum atomic E-state index is 12.7. The number of amides is 1. The third kappa shape index (κ3) is 4.66. The summed E-state index contributed by atoms with van der Waals surface area (Å²) in [5, 5.41) is 8.87. The van der Waals surface area contributed by atoms with E-state index in [1.54, 1.807) is 6.21 Å². The van der Waals surface area contributed by atoms with E-state index in [0.29, 0.717) is 5.92 Å². The Labute approximate surface area is 183 Å². The van der Waals surface area contributed by atoms with E-state index in [-0.39, 0.29) is 11.8 Å². The van der Waals surface area contributed by atoms with Crippen molar-refractivity contribution in [1.82, 2.24) is 5.43 Å². The Hall–Kier alpha value is -3.46. The smallest absolute Gasteiger partial charge is 0.247 e. The van der Waals surface area contributed by atoms with Crippen LogP contribution < -0.4 is 5.43 Å². The zero-order valence-electron chi connectivity index (χ0n) is 18.3. The summed E-state index contributed by atoms with van der Waals surface area (Å²) < 4.78 is 0. The monoisotopic (exact) mass is 408 g/mol. The van der Waals surface area contributed by atoms with Crippen molar-refractivity contribution < 1.29 is 4.79 Å². The highest BCUT2D eigenvalue weighted by atomic mass is 16.2. The van der Waals surface area contributed by atoms with Crippen molar-refractivity contribution >= 4 is 33.7 Å². The van der Waals surface area contributed by atoms with Gasteiger partial charge in [0.1, 0.15) is 0 Å². The van der Waals surface area contributed by atoms with Crippen molar-refractivity contribution in [3.05, 3.63) is 95.6 Å². The molecular weight excluding hydrogens is 380 g/mol. The van der Waals surface area contributed by atoms with E-state index in [9.17, 15) is 4.79 Å². The number of benzene rings is 4. The number of nitrogens with one attached hydrogen (secondary N) is 1. The number of hydrogen-bond donors (Lipinski definition) is 1. The topological polar surface area (TPSA) is 41.5 Å². The zero-order chi connectivity index (χ0) is 21.8. The maximum absolute atomic E-state index is 12.7. The van der Waals surface area contributed by atoms with Gasteiger partial charge in [0.05, 0.1) is 12.1 Å². The lowest BCUT2D eigenvalue weighted by Crippen LogP contribution is -2.23. The summed E-state index contributed by atoms with van der Waals surface area (Å²) in [7, 11) is 0. The molecule has 0 aliphatic carbocycles. The van der Waals surface area contributed by atoms with Crippen LogP contribution in [0.3, 0.4) is 0 Å². The number of rotatable bonds is 6. The molecule has 0 aliphatic heterocycles. The van der Waals surface area contributed by atoms with Gasteiger partial charge in [0.2, 0.25) is 5.91 Å². The van der Waals surface area contributed by atoms with Gasteiger partial charge in [0.15, 0.2) is 0 Å². The molecule has 0 radical (unpaired) electrons. The Balaban J connectivity index is 1.54. The predicted octanol–water partition coefficient (Wildman–Crippen LogP) is 6.45. The summed E-state index contributed by atoms with van der Waals surface area (Å²) in [6, 6.07) is 27.0. The van der Waals surface area contributed by atoms with E-state index in [2.05, 4.69) is 66.8 Å². The number of carbonyl (C=O) groups excluding carboxylic acids is 1. The lowest BCUT2D eigenvalue weighted by atomic mass is 9.96. The Kier molecular flexibility index (Phi) is 6.13. The Bertz CT molecular complexity index is 1190. The molecule has 4 rings (SSSR count). The zero-order valence-corrected chi connectivity index (χ0v) is 18.3. The molecule has 0 bridgehead atoms. The molecular formula is C28H28N2O. The molecule has 4 aromatic carbocycles. The minimum Gasteiger partial charge on any atom is -0.272 e. The minimum atomic E-state index is -0.269. The average molecular weight is 409 g/mol. The van der Waals surface area contributed by atoms with Gasteiger partial charge in [-0.05, 0) is 58.0 Å². The summed E-state index contributed by atoms with van der Waals surface area (Å²) in [4.78, 5) is 12.7. The molecule has 3 heteroatoms. The molecule has 0 saturated carbocycles. The molecule has 1 amide bonds. The van der Waals surface area contributed by atoms with Crippen LogP contribution >= 0.6 is 0 Å². The SMILES string of the molecule is CC(C)Cc1ccc([C@@H](C)C(=O)N/N=C\c2c3ccccc3cc3ccccc23)cc1. The largest absolute Gasteiger partial charge is 0.272 e. The fourth-order valence-corrected chi connectivity index (χ4v) is 4.01. The molecule has 0 saturated heterocycles. The molecule has 0 heterocycles. The van der Waals surface area contributed by atoms with Crippen LogP contribution in [0.25, 0.3) is 21.5 Å². The Morgan fingerprint density at radius 2 is 1.45 bits per heavy atom. The van der Waals surface area contributed by atoms with Crippen LogP contribution in [0.1, 0.15) is 43.4 Å². The predicted molar refractivity (Wildman–Crippen MR) is 131 cm³/mol. The second-order valence-corrected chi connectivity index (χ2v) is 8.53. The first-order valence-corrected chi connectivity index (χ1v) is 10.8. The van der Waals surface area contributed by atoms with Gasteiger partial charge < -0.3 is 0 Å². The highest BCUT2D eigenvalue weighted by Gasteiger charge is 2.15. The molecule has 1 atom stereocenters. The highest BCUT2D eigenvalue weighted by Crippen LogP contribution is 2.27. The number of carbonyl (C=O) groups is 1. The van der Waals surface area contributed by atoms with E-state index in [1.807, 2.05) is 43.3 Å². The van der Waals surface area contributed by atoms with Crippen molar-refractivity contribution in [2.75, 3.05) is 0 Å².